The predicted molar refractivity (Wildman–Crippen MR) is 66.9 cm³/mol. The highest BCUT2D eigenvalue weighted by molar-refractivity contribution is 5.52. The molecule has 0 bridgehead atoms. The average molecular weight is 247 g/mol. The molecule has 0 radical (unpaired) electrons. The Morgan fingerprint density at radius 1 is 1.44 bits per heavy atom. The van der Waals surface area contributed by atoms with Gasteiger partial charge in [-0.05, 0) is 26.0 Å². The second-order valence-electron chi connectivity index (χ2n) is 3.73. The highest BCUT2D eigenvalue weighted by Crippen LogP contribution is 2.22. The molecule has 2 aromatic heterocycles. The maximum atomic E-state index is 11.0. The van der Waals surface area contributed by atoms with Gasteiger partial charge in [0.25, 0.3) is 0 Å². The largest absolute Gasteiger partial charge is 0.370 e. The summed E-state index contributed by atoms with van der Waals surface area (Å²) in [6.45, 7) is 4.44. The highest BCUT2D eigenvalue weighted by Gasteiger charge is 2.18. The number of rotatable bonds is 4. The van der Waals surface area contributed by atoms with Crippen LogP contribution in [0.2, 0.25) is 0 Å². The van der Waals surface area contributed by atoms with Crippen molar-refractivity contribution in [3.63, 3.8) is 0 Å². The molecule has 0 aliphatic heterocycles. The summed E-state index contributed by atoms with van der Waals surface area (Å²) in [6, 6.07) is 4.78. The minimum Gasteiger partial charge on any atom is -0.370 e. The van der Waals surface area contributed by atoms with Crippen molar-refractivity contribution in [3.05, 3.63) is 40.2 Å². The standard InChI is InChI=1S/C11H13N5O2/c1-3-12-10-5-4-9(16(17)18)11(13-10)15-7-6-8(2)14-15/h4-7H,3H2,1-2H3,(H,12,13). The molecule has 0 spiro atoms. The molecule has 1 N–H and O–H groups in total. The lowest BCUT2D eigenvalue weighted by Gasteiger charge is -2.06. The molecular weight excluding hydrogens is 234 g/mol. The molecule has 0 aliphatic carbocycles. The molecule has 7 heteroatoms. The molecule has 0 unspecified atom stereocenters. The summed E-state index contributed by atoms with van der Waals surface area (Å²) in [4.78, 5) is 14.7. The Bertz CT molecular complexity index is 579. The van der Waals surface area contributed by atoms with Crippen molar-refractivity contribution in [2.45, 2.75) is 13.8 Å². The molecule has 0 aliphatic rings. The Morgan fingerprint density at radius 2 is 2.22 bits per heavy atom. The van der Waals surface area contributed by atoms with Gasteiger partial charge >= 0.3 is 5.69 Å². The van der Waals surface area contributed by atoms with Crippen LogP contribution in [-0.2, 0) is 0 Å². The van der Waals surface area contributed by atoms with E-state index in [-0.39, 0.29) is 11.5 Å². The molecule has 2 heterocycles. The minimum absolute atomic E-state index is 0.0697. The maximum Gasteiger partial charge on any atom is 0.313 e. The molecule has 7 nitrogen and oxygen atoms in total. The van der Waals surface area contributed by atoms with Crippen LogP contribution in [0.5, 0.6) is 0 Å². The number of pyridine rings is 1. The van der Waals surface area contributed by atoms with Crippen molar-refractivity contribution in [1.29, 1.82) is 0 Å². The van der Waals surface area contributed by atoms with Crippen LogP contribution in [0, 0.1) is 17.0 Å². The fraction of sp³-hybridized carbons (Fsp3) is 0.273. The Kier molecular flexibility index (Phi) is 3.22. The van der Waals surface area contributed by atoms with Gasteiger partial charge in [0.1, 0.15) is 5.82 Å². The highest BCUT2D eigenvalue weighted by atomic mass is 16.6. The molecular formula is C11H13N5O2. The van der Waals surface area contributed by atoms with E-state index >= 15 is 0 Å². The number of anilines is 1. The topological polar surface area (TPSA) is 85.9 Å². The van der Waals surface area contributed by atoms with Gasteiger partial charge in [-0.15, -0.1) is 0 Å². The number of nitro groups is 1. The van der Waals surface area contributed by atoms with Crippen LogP contribution >= 0.6 is 0 Å². The van der Waals surface area contributed by atoms with Gasteiger partial charge < -0.3 is 5.32 Å². The number of aromatic nitrogens is 3. The van der Waals surface area contributed by atoms with Crippen LogP contribution < -0.4 is 5.32 Å². The lowest BCUT2D eigenvalue weighted by molar-refractivity contribution is -0.384. The zero-order valence-electron chi connectivity index (χ0n) is 10.1. The van der Waals surface area contributed by atoms with Crippen LogP contribution in [0.1, 0.15) is 12.6 Å². The number of nitrogens with one attached hydrogen (secondary N) is 1. The molecule has 0 saturated carbocycles. The van der Waals surface area contributed by atoms with Crippen LogP contribution in [0.15, 0.2) is 24.4 Å². The van der Waals surface area contributed by atoms with Gasteiger partial charge in [0.2, 0.25) is 5.82 Å². The van der Waals surface area contributed by atoms with E-state index in [9.17, 15) is 10.1 Å². The summed E-state index contributed by atoms with van der Waals surface area (Å²) in [7, 11) is 0. The number of hydrogen-bond donors (Lipinski definition) is 1. The lowest BCUT2D eigenvalue weighted by Crippen LogP contribution is -2.07. The van der Waals surface area contributed by atoms with Gasteiger partial charge in [-0.25, -0.2) is 9.67 Å². The monoisotopic (exact) mass is 247 g/mol. The first kappa shape index (κ1) is 12.0. The lowest BCUT2D eigenvalue weighted by atomic mass is 10.3. The van der Waals surface area contributed by atoms with Gasteiger partial charge in [0.15, 0.2) is 0 Å². The van der Waals surface area contributed by atoms with Crippen molar-refractivity contribution in [3.8, 4) is 5.82 Å². The molecule has 0 fully saturated rings. The number of nitrogens with zero attached hydrogens (tertiary/aromatic N) is 4. The molecule has 2 aromatic rings. The van der Waals surface area contributed by atoms with Crippen molar-refractivity contribution in [2.75, 3.05) is 11.9 Å². The first-order chi connectivity index (χ1) is 8.61. The third-order valence-corrected chi connectivity index (χ3v) is 2.35. The van der Waals surface area contributed by atoms with Crippen molar-refractivity contribution in [1.82, 2.24) is 14.8 Å². The summed E-state index contributed by atoms with van der Waals surface area (Å²) in [5.41, 5.74) is 0.708. The minimum atomic E-state index is -0.463. The van der Waals surface area contributed by atoms with E-state index in [2.05, 4.69) is 15.4 Å². The number of hydrogen-bond acceptors (Lipinski definition) is 5. The molecule has 0 amide bonds. The van der Waals surface area contributed by atoms with E-state index < -0.39 is 4.92 Å². The van der Waals surface area contributed by atoms with Crippen molar-refractivity contribution >= 4 is 11.5 Å². The molecule has 0 saturated heterocycles. The van der Waals surface area contributed by atoms with Gasteiger partial charge in [-0.1, -0.05) is 0 Å². The Labute approximate surface area is 104 Å². The predicted octanol–water partition coefficient (Wildman–Crippen LogP) is 1.92. The molecule has 18 heavy (non-hydrogen) atoms. The SMILES string of the molecule is CCNc1ccc([N+](=O)[O-])c(-n2ccc(C)n2)n1. The number of aryl methyl sites for hydroxylation is 1. The quantitative estimate of drug-likeness (QED) is 0.658. The van der Waals surface area contributed by atoms with Crippen molar-refractivity contribution in [2.24, 2.45) is 0 Å². The average Bonchev–Trinajstić information content (AvgIpc) is 2.76. The second-order valence-corrected chi connectivity index (χ2v) is 3.73. The normalized spacial score (nSPS) is 10.3. The van der Waals surface area contributed by atoms with Gasteiger partial charge in [-0.2, -0.15) is 5.10 Å². The van der Waals surface area contributed by atoms with Crippen LogP contribution in [0.25, 0.3) is 5.82 Å². The Balaban J connectivity index is 2.53. The van der Waals surface area contributed by atoms with Gasteiger partial charge in [0.05, 0.1) is 10.6 Å². The zero-order valence-corrected chi connectivity index (χ0v) is 10.1. The second kappa shape index (κ2) is 4.82. The van der Waals surface area contributed by atoms with E-state index in [1.807, 2.05) is 13.8 Å². The zero-order chi connectivity index (χ0) is 13.1. The van der Waals surface area contributed by atoms with E-state index in [4.69, 9.17) is 0 Å². The Hall–Kier alpha value is -2.44. The Morgan fingerprint density at radius 3 is 2.78 bits per heavy atom. The van der Waals surface area contributed by atoms with Gasteiger partial charge in [0, 0.05) is 18.8 Å². The third-order valence-electron chi connectivity index (χ3n) is 2.35. The smallest absolute Gasteiger partial charge is 0.313 e. The molecule has 2 rings (SSSR count). The van der Waals surface area contributed by atoms with E-state index in [1.165, 1.54) is 10.7 Å². The first-order valence-electron chi connectivity index (χ1n) is 5.53. The molecule has 94 valence electrons. The van der Waals surface area contributed by atoms with Crippen LogP contribution in [0.4, 0.5) is 11.5 Å². The van der Waals surface area contributed by atoms with Crippen LogP contribution in [0.3, 0.4) is 0 Å². The first-order valence-corrected chi connectivity index (χ1v) is 5.53. The molecule has 0 aromatic carbocycles. The third kappa shape index (κ3) is 2.29. The van der Waals surface area contributed by atoms with Crippen molar-refractivity contribution < 1.29 is 4.92 Å². The fourth-order valence-corrected chi connectivity index (χ4v) is 1.56. The van der Waals surface area contributed by atoms with E-state index in [0.717, 1.165) is 5.69 Å². The fourth-order valence-electron chi connectivity index (χ4n) is 1.56. The molecule has 0 atom stereocenters. The summed E-state index contributed by atoms with van der Waals surface area (Å²) in [5.74, 6) is 0.804. The van der Waals surface area contributed by atoms with E-state index in [0.29, 0.717) is 12.4 Å². The van der Waals surface area contributed by atoms with E-state index in [1.54, 1.807) is 18.3 Å². The summed E-state index contributed by atoms with van der Waals surface area (Å²) in [5, 5.41) is 18.1. The summed E-state index contributed by atoms with van der Waals surface area (Å²) >= 11 is 0. The van der Waals surface area contributed by atoms with Crippen LogP contribution in [-0.4, -0.2) is 26.2 Å². The maximum absolute atomic E-state index is 11.0. The summed E-state index contributed by atoms with van der Waals surface area (Å²) in [6.07, 6.45) is 1.65. The van der Waals surface area contributed by atoms with Gasteiger partial charge in [-0.3, -0.25) is 10.1 Å². The summed E-state index contributed by atoms with van der Waals surface area (Å²) < 4.78 is 1.41.